The summed E-state index contributed by atoms with van der Waals surface area (Å²) in [6.07, 6.45) is 2.72. The average molecular weight is 324 g/mol. The zero-order valence-corrected chi connectivity index (χ0v) is 11.9. The van der Waals surface area contributed by atoms with E-state index < -0.39 is 15.8 Å². The normalized spacial score (nSPS) is 11.7. The topological polar surface area (TPSA) is 46.2 Å². The number of rotatable bonds is 6. The van der Waals surface area contributed by atoms with Crippen molar-refractivity contribution in [2.24, 2.45) is 0 Å². The molecule has 0 saturated heterocycles. The van der Waals surface area contributed by atoms with Gasteiger partial charge in [-0.2, -0.15) is 0 Å². The van der Waals surface area contributed by atoms with Crippen LogP contribution < -0.4 is 4.72 Å². The van der Waals surface area contributed by atoms with E-state index in [4.69, 9.17) is 0 Å². The summed E-state index contributed by atoms with van der Waals surface area (Å²) in [5.74, 6) is -0.748. The number of sulfonamides is 1. The molecule has 6 heteroatoms. The fourth-order valence-corrected chi connectivity index (χ4v) is 2.82. The first-order valence-corrected chi connectivity index (χ1v) is 7.69. The van der Waals surface area contributed by atoms with Crippen molar-refractivity contribution in [3.8, 4) is 0 Å². The summed E-state index contributed by atoms with van der Waals surface area (Å²) >= 11 is 3.08. The molecule has 0 spiro atoms. The Kier molecular flexibility index (Phi) is 5.55. The van der Waals surface area contributed by atoms with Crippen molar-refractivity contribution in [3.63, 3.8) is 0 Å². The molecule has 0 amide bonds. The van der Waals surface area contributed by atoms with Crippen molar-refractivity contribution in [2.45, 2.75) is 31.1 Å². The van der Waals surface area contributed by atoms with Crippen LogP contribution in [0.1, 0.15) is 26.2 Å². The van der Waals surface area contributed by atoms with Gasteiger partial charge in [0.05, 0.1) is 0 Å². The molecule has 0 unspecified atom stereocenters. The second-order valence-corrected chi connectivity index (χ2v) is 6.33. The van der Waals surface area contributed by atoms with E-state index in [1.165, 1.54) is 12.1 Å². The molecule has 0 bridgehead atoms. The second kappa shape index (κ2) is 6.47. The molecule has 1 aromatic carbocycles. The van der Waals surface area contributed by atoms with E-state index in [0.717, 1.165) is 25.3 Å². The molecule has 17 heavy (non-hydrogen) atoms. The van der Waals surface area contributed by atoms with E-state index in [0.29, 0.717) is 11.0 Å². The van der Waals surface area contributed by atoms with Gasteiger partial charge < -0.3 is 0 Å². The van der Waals surface area contributed by atoms with E-state index in [-0.39, 0.29) is 4.90 Å². The minimum atomic E-state index is -3.73. The molecular weight excluding hydrogens is 309 g/mol. The molecule has 0 aromatic heterocycles. The first-order chi connectivity index (χ1) is 7.97. The first kappa shape index (κ1) is 14.6. The molecule has 0 aliphatic carbocycles. The van der Waals surface area contributed by atoms with Crippen LogP contribution in [0.4, 0.5) is 4.39 Å². The maximum atomic E-state index is 13.5. The number of halogens is 2. The molecule has 0 aliphatic rings. The van der Waals surface area contributed by atoms with Gasteiger partial charge in [0, 0.05) is 11.0 Å². The average Bonchev–Trinajstić information content (AvgIpc) is 2.24. The monoisotopic (exact) mass is 323 g/mol. The van der Waals surface area contributed by atoms with Crippen LogP contribution >= 0.6 is 15.9 Å². The summed E-state index contributed by atoms with van der Waals surface area (Å²) < 4.78 is 39.9. The fourth-order valence-electron chi connectivity index (χ4n) is 1.35. The molecule has 96 valence electrons. The van der Waals surface area contributed by atoms with Crippen LogP contribution in [0.2, 0.25) is 0 Å². The van der Waals surface area contributed by atoms with Gasteiger partial charge in [0.15, 0.2) is 0 Å². The lowest BCUT2D eigenvalue weighted by atomic mass is 10.3. The lowest BCUT2D eigenvalue weighted by molar-refractivity contribution is 0.553. The number of nitrogens with one attached hydrogen (secondary N) is 1. The smallest absolute Gasteiger partial charge is 0.211 e. The van der Waals surface area contributed by atoms with Crippen LogP contribution in [0.25, 0.3) is 0 Å². The zero-order valence-electron chi connectivity index (χ0n) is 9.54. The van der Waals surface area contributed by atoms with Gasteiger partial charge in [0.25, 0.3) is 0 Å². The van der Waals surface area contributed by atoms with Gasteiger partial charge in [-0.25, -0.2) is 17.5 Å². The Labute approximate surface area is 110 Å². The van der Waals surface area contributed by atoms with E-state index in [1.54, 1.807) is 0 Å². The van der Waals surface area contributed by atoms with Crippen molar-refractivity contribution in [3.05, 3.63) is 28.5 Å². The summed E-state index contributed by atoms with van der Waals surface area (Å²) in [4.78, 5) is -0.308. The lowest BCUT2D eigenvalue weighted by Gasteiger charge is -2.07. The highest BCUT2D eigenvalue weighted by molar-refractivity contribution is 9.10. The van der Waals surface area contributed by atoms with E-state index in [1.807, 2.05) is 6.92 Å². The van der Waals surface area contributed by atoms with Gasteiger partial charge in [-0.05, 0) is 24.6 Å². The van der Waals surface area contributed by atoms with Gasteiger partial charge in [0.1, 0.15) is 10.7 Å². The van der Waals surface area contributed by atoms with Crippen LogP contribution in [0.3, 0.4) is 0 Å². The number of benzene rings is 1. The summed E-state index contributed by atoms with van der Waals surface area (Å²) in [6.45, 7) is 2.37. The van der Waals surface area contributed by atoms with Crippen molar-refractivity contribution in [2.75, 3.05) is 6.54 Å². The maximum Gasteiger partial charge on any atom is 0.243 e. The van der Waals surface area contributed by atoms with Gasteiger partial charge in [-0.3, -0.25) is 0 Å². The number of hydrogen-bond acceptors (Lipinski definition) is 2. The molecule has 0 fully saturated rings. The molecule has 0 heterocycles. The van der Waals surface area contributed by atoms with Gasteiger partial charge >= 0.3 is 0 Å². The molecule has 0 radical (unpaired) electrons. The third-order valence-electron chi connectivity index (χ3n) is 2.26. The quantitative estimate of drug-likeness (QED) is 0.818. The predicted molar refractivity (Wildman–Crippen MR) is 68.8 cm³/mol. The van der Waals surface area contributed by atoms with Crippen LogP contribution in [-0.4, -0.2) is 15.0 Å². The number of hydrogen-bond donors (Lipinski definition) is 1. The maximum absolute atomic E-state index is 13.5. The van der Waals surface area contributed by atoms with E-state index >= 15 is 0 Å². The highest BCUT2D eigenvalue weighted by Crippen LogP contribution is 2.19. The molecule has 1 rings (SSSR count). The standard InChI is InChI=1S/C11H15BrFNO2S/c1-2-3-4-7-14-17(15,16)11-6-5-9(12)8-10(11)13/h5-6,8,14H,2-4,7H2,1H3. The Bertz CT molecular complexity index is 476. The molecule has 0 aliphatic heterocycles. The minimum Gasteiger partial charge on any atom is -0.211 e. The minimum absolute atomic E-state index is 0.308. The Morgan fingerprint density at radius 1 is 1.35 bits per heavy atom. The van der Waals surface area contributed by atoms with Gasteiger partial charge in [0.2, 0.25) is 10.0 Å². The predicted octanol–water partition coefficient (Wildman–Crippen LogP) is 3.06. The molecule has 0 saturated carbocycles. The highest BCUT2D eigenvalue weighted by Gasteiger charge is 2.18. The Balaban J connectivity index is 2.76. The molecule has 3 nitrogen and oxygen atoms in total. The van der Waals surface area contributed by atoms with Crippen LogP contribution in [-0.2, 0) is 10.0 Å². The number of unbranched alkanes of at least 4 members (excludes halogenated alkanes) is 2. The zero-order chi connectivity index (χ0) is 12.9. The second-order valence-electron chi connectivity index (χ2n) is 3.68. The van der Waals surface area contributed by atoms with Crippen LogP contribution in [0, 0.1) is 5.82 Å². The van der Waals surface area contributed by atoms with Crippen molar-refractivity contribution < 1.29 is 12.8 Å². The third-order valence-corrected chi connectivity index (χ3v) is 4.24. The molecule has 0 atom stereocenters. The van der Waals surface area contributed by atoms with Crippen LogP contribution in [0.15, 0.2) is 27.6 Å². The molecular formula is C11H15BrFNO2S. The Morgan fingerprint density at radius 3 is 2.65 bits per heavy atom. The summed E-state index contributed by atoms with van der Waals surface area (Å²) in [5.41, 5.74) is 0. The SMILES string of the molecule is CCCCCNS(=O)(=O)c1ccc(Br)cc1F. The summed E-state index contributed by atoms with van der Waals surface area (Å²) in [6, 6.07) is 3.89. The molecule has 1 aromatic rings. The summed E-state index contributed by atoms with van der Waals surface area (Å²) in [5, 5.41) is 0. The largest absolute Gasteiger partial charge is 0.243 e. The Morgan fingerprint density at radius 2 is 2.06 bits per heavy atom. The lowest BCUT2D eigenvalue weighted by Crippen LogP contribution is -2.25. The third kappa shape index (κ3) is 4.37. The van der Waals surface area contributed by atoms with E-state index in [9.17, 15) is 12.8 Å². The van der Waals surface area contributed by atoms with Crippen LogP contribution in [0.5, 0.6) is 0 Å². The van der Waals surface area contributed by atoms with Gasteiger partial charge in [-0.15, -0.1) is 0 Å². The fraction of sp³-hybridized carbons (Fsp3) is 0.455. The first-order valence-electron chi connectivity index (χ1n) is 5.42. The highest BCUT2D eigenvalue weighted by atomic mass is 79.9. The van der Waals surface area contributed by atoms with E-state index in [2.05, 4.69) is 20.7 Å². The van der Waals surface area contributed by atoms with Crippen molar-refractivity contribution >= 4 is 26.0 Å². The Hall–Kier alpha value is -0.460. The van der Waals surface area contributed by atoms with Crippen molar-refractivity contribution in [1.29, 1.82) is 0 Å². The van der Waals surface area contributed by atoms with Crippen molar-refractivity contribution in [1.82, 2.24) is 4.72 Å². The summed E-state index contributed by atoms with van der Waals surface area (Å²) in [7, 11) is -3.73. The molecule has 1 N–H and O–H groups in total. The van der Waals surface area contributed by atoms with Gasteiger partial charge in [-0.1, -0.05) is 35.7 Å².